The minimum absolute atomic E-state index is 0.110. The maximum absolute atomic E-state index is 6.54. The second-order valence-electron chi connectivity index (χ2n) is 17.2. The van der Waals surface area contributed by atoms with Gasteiger partial charge < -0.3 is 4.42 Å². The predicted octanol–water partition coefficient (Wildman–Crippen LogP) is 15.7. The van der Waals surface area contributed by atoms with Crippen LogP contribution in [0.4, 0.5) is 0 Å². The molecule has 302 valence electrons. The molecule has 0 unspecified atom stereocenters. The average Bonchev–Trinajstić information content (AvgIpc) is 3.85. The van der Waals surface area contributed by atoms with Crippen molar-refractivity contribution in [3.05, 3.63) is 223 Å². The minimum atomic E-state index is -0.110. The molecule has 0 fully saturated rings. The number of fused-ring (bicyclic) bond motifs is 6. The highest BCUT2D eigenvalue weighted by molar-refractivity contribution is 6.13. The summed E-state index contributed by atoms with van der Waals surface area (Å²) in [6, 6.07) is 74.9. The molecule has 0 aliphatic heterocycles. The monoisotopic (exact) mass is 819 g/mol. The number of rotatable bonds is 7. The van der Waals surface area contributed by atoms with Crippen LogP contribution in [0.3, 0.4) is 0 Å². The zero-order valence-corrected chi connectivity index (χ0v) is 35.5. The molecule has 64 heavy (non-hydrogen) atoms. The van der Waals surface area contributed by atoms with Crippen LogP contribution in [0.25, 0.3) is 112 Å². The van der Waals surface area contributed by atoms with Gasteiger partial charge in [-0.1, -0.05) is 178 Å². The molecule has 2 heterocycles. The van der Waals surface area contributed by atoms with E-state index in [9.17, 15) is 0 Å². The summed E-state index contributed by atoms with van der Waals surface area (Å²) in [5, 5.41) is 2.22. The smallest absolute Gasteiger partial charge is 0.164 e. The predicted molar refractivity (Wildman–Crippen MR) is 263 cm³/mol. The van der Waals surface area contributed by atoms with Gasteiger partial charge in [0, 0.05) is 32.9 Å². The van der Waals surface area contributed by atoms with Crippen molar-refractivity contribution >= 4 is 21.9 Å². The molecule has 0 spiro atoms. The molecule has 4 nitrogen and oxygen atoms in total. The van der Waals surface area contributed by atoms with Gasteiger partial charge in [0.25, 0.3) is 0 Å². The Morgan fingerprint density at radius 1 is 0.312 bits per heavy atom. The van der Waals surface area contributed by atoms with Gasteiger partial charge in [0.2, 0.25) is 0 Å². The first-order valence-corrected chi connectivity index (χ1v) is 21.8. The third-order valence-corrected chi connectivity index (χ3v) is 12.9. The molecule has 1 aliphatic rings. The number of hydrogen-bond acceptors (Lipinski definition) is 4. The van der Waals surface area contributed by atoms with Crippen LogP contribution < -0.4 is 0 Å². The Hall–Kier alpha value is -8.21. The van der Waals surface area contributed by atoms with Crippen molar-refractivity contribution in [3.63, 3.8) is 0 Å². The summed E-state index contributed by atoms with van der Waals surface area (Å²) in [5.74, 6) is 1.84. The topological polar surface area (TPSA) is 51.8 Å². The summed E-state index contributed by atoms with van der Waals surface area (Å²) in [5.41, 5.74) is 18.3. The van der Waals surface area contributed by atoms with Gasteiger partial charge in [-0.3, -0.25) is 0 Å². The van der Waals surface area contributed by atoms with Crippen molar-refractivity contribution in [2.75, 3.05) is 0 Å². The molecule has 4 heteroatoms. The Morgan fingerprint density at radius 3 is 1.50 bits per heavy atom. The molecule has 0 saturated carbocycles. The van der Waals surface area contributed by atoms with Gasteiger partial charge in [-0.2, -0.15) is 0 Å². The van der Waals surface area contributed by atoms with Crippen LogP contribution in [0, 0.1) is 0 Å². The van der Waals surface area contributed by atoms with E-state index in [1.54, 1.807) is 0 Å². The van der Waals surface area contributed by atoms with E-state index in [4.69, 9.17) is 19.4 Å². The first-order valence-electron chi connectivity index (χ1n) is 21.8. The zero-order chi connectivity index (χ0) is 42.8. The second kappa shape index (κ2) is 15.0. The van der Waals surface area contributed by atoms with Crippen LogP contribution >= 0.6 is 0 Å². The molecule has 12 rings (SSSR count). The van der Waals surface area contributed by atoms with Gasteiger partial charge in [-0.15, -0.1) is 0 Å². The molecule has 0 bridgehead atoms. The fraction of sp³-hybridized carbons (Fsp3) is 0.0500. The Morgan fingerprint density at radius 2 is 0.797 bits per heavy atom. The summed E-state index contributed by atoms with van der Waals surface area (Å²) in [6.45, 7) is 4.61. The maximum Gasteiger partial charge on any atom is 0.164 e. The van der Waals surface area contributed by atoms with Crippen LogP contribution in [0.1, 0.15) is 25.0 Å². The number of furan rings is 1. The van der Waals surface area contributed by atoms with Crippen LogP contribution in [0.15, 0.2) is 217 Å². The highest BCUT2D eigenvalue weighted by Gasteiger charge is 2.35. The van der Waals surface area contributed by atoms with Crippen molar-refractivity contribution in [1.29, 1.82) is 0 Å². The number of hydrogen-bond donors (Lipinski definition) is 0. The van der Waals surface area contributed by atoms with Gasteiger partial charge in [0.15, 0.2) is 17.5 Å². The third-order valence-electron chi connectivity index (χ3n) is 12.9. The molecule has 9 aromatic carbocycles. The van der Waals surface area contributed by atoms with Crippen LogP contribution in [-0.2, 0) is 5.41 Å². The molecule has 0 atom stereocenters. The van der Waals surface area contributed by atoms with Gasteiger partial charge >= 0.3 is 0 Å². The maximum atomic E-state index is 6.54. The quantitative estimate of drug-likeness (QED) is 0.161. The Balaban J connectivity index is 1.02. The second-order valence-corrected chi connectivity index (χ2v) is 17.2. The SMILES string of the molecule is CC1(C)c2ccccc2-c2cc(-c3nc(-c4cccc(-c5ccc6c(c5)oc5cccc(-c7ccccc7)c56)c4)nc(-c4cc(-c5ccccc5)cc(-c5ccccc5)c4)n3)ccc21. The lowest BCUT2D eigenvalue weighted by Crippen LogP contribution is -2.14. The lowest BCUT2D eigenvalue weighted by molar-refractivity contribution is 0.660. The Bertz CT molecular complexity index is 3510. The third kappa shape index (κ3) is 6.42. The summed E-state index contributed by atoms with van der Waals surface area (Å²) in [6.07, 6.45) is 0. The number of nitrogens with zero attached hydrogens (tertiary/aromatic N) is 3. The largest absolute Gasteiger partial charge is 0.456 e. The van der Waals surface area contributed by atoms with Gasteiger partial charge in [-0.25, -0.2) is 15.0 Å². The van der Waals surface area contributed by atoms with Gasteiger partial charge in [0.1, 0.15) is 11.2 Å². The average molecular weight is 820 g/mol. The van der Waals surface area contributed by atoms with E-state index in [1.165, 1.54) is 27.8 Å². The fourth-order valence-corrected chi connectivity index (χ4v) is 9.68. The van der Waals surface area contributed by atoms with Crippen molar-refractivity contribution in [1.82, 2.24) is 15.0 Å². The molecular weight excluding hydrogens is 779 g/mol. The van der Waals surface area contributed by atoms with Crippen molar-refractivity contribution in [3.8, 4) is 89.8 Å². The Labute approximate surface area is 372 Å². The van der Waals surface area contributed by atoms with Crippen LogP contribution in [0.5, 0.6) is 0 Å². The normalized spacial score (nSPS) is 12.7. The summed E-state index contributed by atoms with van der Waals surface area (Å²) in [7, 11) is 0. The van der Waals surface area contributed by atoms with Crippen LogP contribution in [-0.4, -0.2) is 15.0 Å². The molecule has 0 N–H and O–H groups in total. The van der Waals surface area contributed by atoms with Crippen molar-refractivity contribution < 1.29 is 4.42 Å². The molecule has 0 saturated heterocycles. The summed E-state index contributed by atoms with van der Waals surface area (Å²) < 4.78 is 6.54. The molecule has 0 radical (unpaired) electrons. The lowest BCUT2D eigenvalue weighted by Gasteiger charge is -2.21. The number of aromatic nitrogens is 3. The highest BCUT2D eigenvalue weighted by Crippen LogP contribution is 2.49. The van der Waals surface area contributed by atoms with E-state index < -0.39 is 0 Å². The van der Waals surface area contributed by atoms with E-state index in [-0.39, 0.29) is 5.41 Å². The van der Waals surface area contributed by atoms with Crippen LogP contribution in [0.2, 0.25) is 0 Å². The fourth-order valence-electron chi connectivity index (χ4n) is 9.68. The standard InChI is InChI=1S/C60H41N3O/c1-60(2)52-26-13-12-24-49(52)51-36-44(29-31-53(51)60)58-61-57(62-59(63-58)47-34-45(38-16-6-3-7-17-38)33-46(35-47)39-18-8-4-9-19-39)43-23-14-22-41(32-43)42-28-30-50-55(37-42)64-54-27-15-25-48(56(50)54)40-20-10-5-11-21-40/h3-37H,1-2H3. The van der Waals surface area contributed by atoms with E-state index in [0.29, 0.717) is 17.5 Å². The molecule has 0 amide bonds. The van der Waals surface area contributed by atoms with E-state index in [1.807, 2.05) is 6.07 Å². The first-order chi connectivity index (χ1) is 31.4. The minimum Gasteiger partial charge on any atom is -0.456 e. The van der Waals surface area contributed by atoms with Crippen molar-refractivity contribution in [2.24, 2.45) is 0 Å². The summed E-state index contributed by atoms with van der Waals surface area (Å²) >= 11 is 0. The van der Waals surface area contributed by atoms with E-state index >= 15 is 0 Å². The molecule has 1 aliphatic carbocycles. The zero-order valence-electron chi connectivity index (χ0n) is 35.5. The highest BCUT2D eigenvalue weighted by atomic mass is 16.3. The lowest BCUT2D eigenvalue weighted by atomic mass is 9.82. The molecule has 11 aromatic rings. The Kier molecular flexibility index (Phi) is 8.80. The van der Waals surface area contributed by atoms with Gasteiger partial charge in [-0.05, 0) is 115 Å². The molecular formula is C60H41N3O. The first kappa shape index (κ1) is 37.5. The van der Waals surface area contributed by atoms with Gasteiger partial charge in [0.05, 0.1) is 0 Å². The number of benzene rings is 9. The molecule has 2 aromatic heterocycles. The van der Waals surface area contributed by atoms with Crippen molar-refractivity contribution in [2.45, 2.75) is 19.3 Å². The van der Waals surface area contributed by atoms with E-state index in [0.717, 1.165) is 77.6 Å². The van der Waals surface area contributed by atoms with E-state index in [2.05, 4.69) is 220 Å². The summed E-state index contributed by atoms with van der Waals surface area (Å²) in [4.78, 5) is 15.9.